The lowest BCUT2D eigenvalue weighted by molar-refractivity contribution is -0.365. The Morgan fingerprint density at radius 3 is 1.82 bits per heavy atom. The van der Waals surface area contributed by atoms with Crippen molar-refractivity contribution in [3.05, 3.63) is 29.8 Å². The van der Waals surface area contributed by atoms with Gasteiger partial charge in [-0.05, 0) is 30.3 Å². The zero-order valence-corrected chi connectivity index (χ0v) is 36.4. The van der Waals surface area contributed by atoms with Crippen LogP contribution in [0.5, 0.6) is 5.75 Å². The number of carbonyl (C=O) groups is 5. The van der Waals surface area contributed by atoms with E-state index >= 15 is 0 Å². The van der Waals surface area contributed by atoms with Crippen LogP contribution in [-0.4, -0.2) is 178 Å². The molecule has 22 heteroatoms. The number of benzene rings is 1. The van der Waals surface area contributed by atoms with Gasteiger partial charge in [-0.3, -0.25) is 19.2 Å². The summed E-state index contributed by atoms with van der Waals surface area (Å²) < 4.78 is 69.8. The van der Waals surface area contributed by atoms with E-state index in [1.54, 1.807) is 0 Å². The third kappa shape index (κ3) is 14.4. The Bertz CT molecular complexity index is 1620. The molecule has 3 fully saturated rings. The van der Waals surface area contributed by atoms with Crippen molar-refractivity contribution in [1.29, 1.82) is 0 Å². The number of rotatable bonds is 18. The zero-order chi connectivity index (χ0) is 45.2. The third-order valence-electron chi connectivity index (χ3n) is 9.74. The first-order chi connectivity index (χ1) is 28.7. The molecular formula is C39H58O21Si. The molecule has 4 rings (SSSR count). The average molecular weight is 891 g/mol. The fraction of sp³-hybridized carbons (Fsp3) is 0.718. The molecule has 4 N–H and O–H groups in total. The lowest BCUT2D eigenvalue weighted by Crippen LogP contribution is -2.65. The van der Waals surface area contributed by atoms with E-state index in [0.717, 1.165) is 27.7 Å². The summed E-state index contributed by atoms with van der Waals surface area (Å²) in [5.74, 6) is -3.48. The van der Waals surface area contributed by atoms with E-state index in [4.69, 9.17) is 56.8 Å². The molecule has 0 unspecified atom stereocenters. The van der Waals surface area contributed by atoms with Gasteiger partial charge in [0.1, 0.15) is 61.7 Å². The minimum atomic E-state index is -1.86. The van der Waals surface area contributed by atoms with Crippen LogP contribution < -0.4 is 4.74 Å². The van der Waals surface area contributed by atoms with Crippen molar-refractivity contribution < 1.29 is 101 Å². The summed E-state index contributed by atoms with van der Waals surface area (Å²) in [6.07, 6.45) is -21.6. The van der Waals surface area contributed by atoms with Crippen molar-refractivity contribution >= 4 is 37.9 Å². The van der Waals surface area contributed by atoms with Crippen LogP contribution in [0.1, 0.15) is 44.5 Å². The molecule has 0 radical (unpaired) electrons. The largest absolute Gasteiger partial charge is 0.497 e. The Kier molecular flexibility index (Phi) is 18.4. The summed E-state index contributed by atoms with van der Waals surface area (Å²) >= 11 is 0. The molecule has 3 heterocycles. The molecule has 3 saturated heterocycles. The van der Waals surface area contributed by atoms with Crippen LogP contribution in [0.3, 0.4) is 0 Å². The van der Waals surface area contributed by atoms with E-state index in [2.05, 4.69) is 19.6 Å². The maximum Gasteiger partial charge on any atom is 0.338 e. The van der Waals surface area contributed by atoms with Crippen LogP contribution in [-0.2, 0) is 71.3 Å². The molecule has 1 aromatic carbocycles. The molecule has 0 aliphatic carbocycles. The zero-order valence-electron chi connectivity index (χ0n) is 35.4. The van der Waals surface area contributed by atoms with E-state index in [1.807, 2.05) is 0 Å². The number of esters is 5. The third-order valence-corrected chi connectivity index (χ3v) is 11.4. The average Bonchev–Trinajstić information content (AvgIpc) is 3.18. The number of ether oxygens (including phenoxy) is 12. The van der Waals surface area contributed by atoms with Crippen molar-refractivity contribution in [3.63, 3.8) is 0 Å². The van der Waals surface area contributed by atoms with Crippen molar-refractivity contribution in [2.24, 2.45) is 0 Å². The van der Waals surface area contributed by atoms with Crippen molar-refractivity contribution in [2.75, 3.05) is 33.5 Å². The van der Waals surface area contributed by atoms with Gasteiger partial charge in [0.2, 0.25) is 0 Å². The summed E-state index contributed by atoms with van der Waals surface area (Å²) in [5, 5.41) is 41.4. The summed E-state index contributed by atoms with van der Waals surface area (Å²) in [6.45, 7) is 9.18. The van der Waals surface area contributed by atoms with Crippen LogP contribution in [0, 0.1) is 0 Å². The Labute approximate surface area is 353 Å². The summed E-state index contributed by atoms with van der Waals surface area (Å²) in [7, 11) is -0.205. The van der Waals surface area contributed by atoms with E-state index in [1.165, 1.54) is 31.4 Å². The molecule has 3 aliphatic heterocycles. The van der Waals surface area contributed by atoms with Gasteiger partial charge in [-0.15, -0.1) is 0 Å². The normalized spacial score (nSPS) is 32.9. The highest BCUT2D eigenvalue weighted by Gasteiger charge is 2.55. The quantitative estimate of drug-likeness (QED) is 0.0856. The van der Waals surface area contributed by atoms with Crippen molar-refractivity contribution in [1.82, 2.24) is 0 Å². The molecule has 61 heavy (non-hydrogen) atoms. The van der Waals surface area contributed by atoms with Crippen molar-refractivity contribution in [3.8, 4) is 5.75 Å². The topological polar surface area (TPSA) is 277 Å². The highest BCUT2D eigenvalue weighted by atomic mass is 28.3. The molecular weight excluding hydrogens is 832 g/mol. The highest BCUT2D eigenvalue weighted by molar-refractivity contribution is 6.76. The predicted molar refractivity (Wildman–Crippen MR) is 206 cm³/mol. The number of methoxy groups -OCH3 is 1. The second kappa shape index (κ2) is 22.5. The van der Waals surface area contributed by atoms with Crippen LogP contribution in [0.15, 0.2) is 24.3 Å². The number of hydrogen-bond acceptors (Lipinski definition) is 21. The predicted octanol–water partition coefficient (Wildman–Crippen LogP) is -0.0248. The fourth-order valence-corrected chi connectivity index (χ4v) is 7.41. The van der Waals surface area contributed by atoms with E-state index < -0.39 is 144 Å². The number of aliphatic hydroxyl groups is 4. The van der Waals surface area contributed by atoms with E-state index in [0.29, 0.717) is 11.8 Å². The molecule has 0 bridgehead atoms. The van der Waals surface area contributed by atoms with E-state index in [-0.39, 0.29) is 18.6 Å². The second-order valence-corrected chi connectivity index (χ2v) is 21.5. The molecule has 1 aromatic rings. The second-order valence-electron chi connectivity index (χ2n) is 15.9. The SMILES string of the molecule is COc1ccc(C(=O)OC[C@H]2O[C@@H](O[C@H]3[C@H](OC(C)=O)[C@@H](OC(C)=O)[C@H](OCC[Si](C)(C)C)O[C@@H]3COC(C)=O)[C@H](OC(C)=O)C[C@H]2O[C@H]2O[C@H](CO)[C@H](O)[C@H](O)[C@H]2O)cc1. The Morgan fingerprint density at radius 2 is 1.25 bits per heavy atom. The molecule has 3 aliphatic rings. The minimum absolute atomic E-state index is 0.128. The monoisotopic (exact) mass is 890 g/mol. The van der Waals surface area contributed by atoms with Crippen LogP contribution in [0.4, 0.5) is 0 Å². The number of carbonyl (C=O) groups excluding carboxylic acids is 5. The van der Waals surface area contributed by atoms with Crippen LogP contribution >= 0.6 is 0 Å². The van der Waals surface area contributed by atoms with Gasteiger partial charge in [0.05, 0.1) is 25.4 Å². The molecule has 0 amide bonds. The Balaban J connectivity index is 1.73. The molecule has 344 valence electrons. The van der Waals surface area contributed by atoms with Crippen LogP contribution in [0.2, 0.25) is 25.7 Å². The van der Waals surface area contributed by atoms with Gasteiger partial charge >= 0.3 is 29.8 Å². The van der Waals surface area contributed by atoms with Crippen LogP contribution in [0.25, 0.3) is 0 Å². The van der Waals surface area contributed by atoms with Gasteiger partial charge in [-0.1, -0.05) is 19.6 Å². The maximum atomic E-state index is 13.2. The molecule has 0 aromatic heterocycles. The van der Waals surface area contributed by atoms with E-state index in [9.17, 15) is 44.4 Å². The lowest BCUT2D eigenvalue weighted by Gasteiger charge is -2.48. The lowest BCUT2D eigenvalue weighted by atomic mass is 9.97. The maximum absolute atomic E-state index is 13.2. The van der Waals surface area contributed by atoms with Crippen molar-refractivity contribution in [2.45, 2.75) is 146 Å². The summed E-state index contributed by atoms with van der Waals surface area (Å²) in [5.41, 5.74) is 0.128. The first-order valence-corrected chi connectivity index (χ1v) is 23.4. The highest BCUT2D eigenvalue weighted by Crippen LogP contribution is 2.36. The van der Waals surface area contributed by atoms with Gasteiger partial charge in [0, 0.05) is 48.8 Å². The van der Waals surface area contributed by atoms with Gasteiger partial charge < -0.3 is 77.3 Å². The number of aliphatic hydroxyl groups excluding tert-OH is 4. The smallest absolute Gasteiger partial charge is 0.338 e. The van der Waals surface area contributed by atoms with Gasteiger partial charge in [-0.25, -0.2) is 4.79 Å². The van der Waals surface area contributed by atoms with Gasteiger partial charge in [0.25, 0.3) is 0 Å². The fourth-order valence-electron chi connectivity index (χ4n) is 6.68. The number of hydrogen-bond donors (Lipinski definition) is 4. The Hall–Kier alpha value is -3.81. The molecule has 0 saturated carbocycles. The summed E-state index contributed by atoms with van der Waals surface area (Å²) in [6, 6.07) is 6.65. The van der Waals surface area contributed by atoms with Gasteiger partial charge in [0.15, 0.2) is 37.2 Å². The molecule has 0 spiro atoms. The minimum Gasteiger partial charge on any atom is -0.497 e. The summed E-state index contributed by atoms with van der Waals surface area (Å²) in [4.78, 5) is 63.1. The Morgan fingerprint density at radius 1 is 0.656 bits per heavy atom. The standard InChI is InChI=1S/C39H58O21Si/c1-19(41)51-18-29-33(34(54-21(3)43)35(55-22(4)44)39(59-29)50-13-14-61(6,7)8)60-37-26(53-20(2)42)15-25(56-38-32(47)31(46)30(45)27(16-40)57-38)28(58-37)17-52-36(48)23-9-11-24(49-5)12-10-23/h9-12,25-35,37-40,45-47H,13-18H2,1-8H3/t25-,26-,27-,28-,29-,30+,31+,32-,33-,34+,35-,37+,38+,39-/m1/s1. The van der Waals surface area contributed by atoms with Gasteiger partial charge in [-0.2, -0.15) is 0 Å². The molecule has 21 nitrogen and oxygen atoms in total. The first kappa shape index (κ1) is 49.8. The first-order valence-electron chi connectivity index (χ1n) is 19.7. The molecule has 14 atom stereocenters.